The third-order valence-corrected chi connectivity index (χ3v) is 5.42. The molecule has 0 bridgehead atoms. The van der Waals surface area contributed by atoms with Gasteiger partial charge in [0.25, 0.3) is 11.8 Å². The summed E-state index contributed by atoms with van der Waals surface area (Å²) in [6.07, 6.45) is 1.65. The molecular formula is C28H24N2O5. The number of nitrogens with one attached hydrogen (secondary N) is 1. The predicted octanol–water partition coefficient (Wildman–Crippen LogP) is 4.58. The lowest BCUT2D eigenvalue weighted by molar-refractivity contribution is -0.136. The molecule has 35 heavy (non-hydrogen) atoms. The second-order valence-corrected chi connectivity index (χ2v) is 7.76. The highest BCUT2D eigenvalue weighted by atomic mass is 16.5. The van der Waals surface area contributed by atoms with Crippen LogP contribution in [0.25, 0.3) is 6.08 Å². The Morgan fingerprint density at radius 2 is 1.54 bits per heavy atom. The van der Waals surface area contributed by atoms with Crippen LogP contribution in [0.2, 0.25) is 0 Å². The number of ether oxygens (including phenoxy) is 2. The summed E-state index contributed by atoms with van der Waals surface area (Å²) in [6, 6.07) is 25.1. The standard InChI is InChI=1S/C28H24N2O5/c1-19-26(28(33)34-2)24(27(32)30(19)22-11-7-4-8-12-22)17-20-13-15-23(16-14-20)35-18-25(31)29-21-9-5-3-6-10-21/h3-17H,18H2,1-2H3,(H,29,31)/b24-17-. The number of anilines is 2. The van der Waals surface area contributed by atoms with Crippen molar-refractivity contribution in [3.63, 3.8) is 0 Å². The van der Waals surface area contributed by atoms with Gasteiger partial charge in [-0.25, -0.2) is 4.79 Å². The molecule has 0 radical (unpaired) electrons. The van der Waals surface area contributed by atoms with Gasteiger partial charge >= 0.3 is 5.97 Å². The van der Waals surface area contributed by atoms with E-state index in [2.05, 4.69) is 5.32 Å². The van der Waals surface area contributed by atoms with Gasteiger partial charge < -0.3 is 14.8 Å². The molecule has 0 unspecified atom stereocenters. The lowest BCUT2D eigenvalue weighted by Gasteiger charge is -2.17. The van der Waals surface area contributed by atoms with E-state index in [1.54, 1.807) is 61.5 Å². The number of amides is 2. The SMILES string of the molecule is COC(=O)C1=C(C)N(c2ccccc2)C(=O)/C1=C\c1ccc(OCC(=O)Nc2ccccc2)cc1. The lowest BCUT2D eigenvalue weighted by atomic mass is 10.0. The third-order valence-electron chi connectivity index (χ3n) is 5.42. The van der Waals surface area contributed by atoms with Crippen LogP contribution in [0.1, 0.15) is 12.5 Å². The number of allylic oxidation sites excluding steroid dienone is 1. The maximum atomic E-state index is 13.3. The first-order valence-electron chi connectivity index (χ1n) is 11.0. The van der Waals surface area contributed by atoms with Crippen LogP contribution in [-0.2, 0) is 19.1 Å². The molecule has 4 rings (SSSR count). The van der Waals surface area contributed by atoms with Gasteiger partial charge in [-0.2, -0.15) is 0 Å². The number of carbonyl (C=O) groups excluding carboxylic acids is 3. The van der Waals surface area contributed by atoms with Gasteiger partial charge in [0.05, 0.1) is 18.3 Å². The van der Waals surface area contributed by atoms with Gasteiger partial charge in [-0.15, -0.1) is 0 Å². The number of hydrogen-bond acceptors (Lipinski definition) is 5. The van der Waals surface area contributed by atoms with Gasteiger partial charge in [0.15, 0.2) is 6.61 Å². The fraction of sp³-hybridized carbons (Fsp3) is 0.107. The van der Waals surface area contributed by atoms with Crippen molar-refractivity contribution in [1.29, 1.82) is 0 Å². The summed E-state index contributed by atoms with van der Waals surface area (Å²) in [4.78, 5) is 39.4. The summed E-state index contributed by atoms with van der Waals surface area (Å²) in [5.74, 6) is -0.667. The molecule has 7 nitrogen and oxygen atoms in total. The van der Waals surface area contributed by atoms with Crippen molar-refractivity contribution in [2.45, 2.75) is 6.92 Å². The zero-order valence-electron chi connectivity index (χ0n) is 19.4. The Morgan fingerprint density at radius 3 is 2.17 bits per heavy atom. The van der Waals surface area contributed by atoms with Crippen LogP contribution in [0.3, 0.4) is 0 Å². The van der Waals surface area contributed by atoms with E-state index in [1.807, 2.05) is 36.4 Å². The molecule has 1 aliphatic rings. The van der Waals surface area contributed by atoms with Crippen molar-refractivity contribution >= 4 is 35.2 Å². The molecule has 0 atom stereocenters. The van der Waals surface area contributed by atoms with Crippen LogP contribution in [0.5, 0.6) is 5.75 Å². The lowest BCUT2D eigenvalue weighted by Crippen LogP contribution is -2.24. The van der Waals surface area contributed by atoms with Crippen molar-refractivity contribution < 1.29 is 23.9 Å². The molecule has 7 heteroatoms. The van der Waals surface area contributed by atoms with Crippen molar-refractivity contribution in [2.75, 3.05) is 23.9 Å². The molecule has 0 aromatic heterocycles. The molecule has 0 fully saturated rings. The highest BCUT2D eigenvalue weighted by Crippen LogP contribution is 2.35. The van der Waals surface area contributed by atoms with E-state index >= 15 is 0 Å². The third kappa shape index (κ3) is 5.30. The molecule has 1 aliphatic heterocycles. The molecule has 0 spiro atoms. The van der Waals surface area contributed by atoms with E-state index in [9.17, 15) is 14.4 Å². The number of nitrogens with zero attached hydrogens (tertiary/aromatic N) is 1. The summed E-state index contributed by atoms with van der Waals surface area (Å²) in [5, 5.41) is 2.75. The van der Waals surface area contributed by atoms with Crippen LogP contribution >= 0.6 is 0 Å². The molecule has 3 aromatic carbocycles. The quantitative estimate of drug-likeness (QED) is 0.405. The fourth-order valence-electron chi connectivity index (χ4n) is 3.76. The summed E-state index contributed by atoms with van der Waals surface area (Å²) < 4.78 is 10.5. The van der Waals surface area contributed by atoms with E-state index in [1.165, 1.54) is 12.0 Å². The van der Waals surface area contributed by atoms with Crippen LogP contribution in [-0.4, -0.2) is 31.5 Å². The Labute approximate surface area is 203 Å². The normalized spacial score (nSPS) is 14.3. The summed E-state index contributed by atoms with van der Waals surface area (Å²) in [7, 11) is 1.29. The van der Waals surface area contributed by atoms with E-state index < -0.39 is 5.97 Å². The Bertz CT molecular complexity index is 1300. The fourth-order valence-corrected chi connectivity index (χ4v) is 3.76. The molecular weight excluding hydrogens is 444 g/mol. The Hall–Kier alpha value is -4.65. The van der Waals surface area contributed by atoms with Crippen LogP contribution in [0, 0.1) is 0 Å². The molecule has 2 amide bonds. The Balaban J connectivity index is 1.50. The van der Waals surface area contributed by atoms with Gasteiger partial charge in [0, 0.05) is 17.1 Å². The average molecular weight is 469 g/mol. The van der Waals surface area contributed by atoms with E-state index in [-0.39, 0.29) is 29.6 Å². The number of esters is 1. The van der Waals surface area contributed by atoms with Crippen LogP contribution in [0.4, 0.5) is 11.4 Å². The second-order valence-electron chi connectivity index (χ2n) is 7.76. The highest BCUT2D eigenvalue weighted by molar-refractivity contribution is 6.23. The van der Waals surface area contributed by atoms with Crippen molar-refractivity contribution in [3.8, 4) is 5.75 Å². The second kappa shape index (κ2) is 10.5. The number of hydrogen-bond donors (Lipinski definition) is 1. The highest BCUT2D eigenvalue weighted by Gasteiger charge is 2.37. The van der Waals surface area contributed by atoms with Gasteiger partial charge in [-0.3, -0.25) is 14.5 Å². The molecule has 0 saturated carbocycles. The first kappa shape index (κ1) is 23.5. The molecule has 3 aromatic rings. The molecule has 0 aliphatic carbocycles. The number of carbonyl (C=O) groups is 3. The largest absolute Gasteiger partial charge is 0.484 e. The molecule has 1 heterocycles. The van der Waals surface area contributed by atoms with Gasteiger partial charge in [-0.05, 0) is 55.0 Å². The first-order valence-corrected chi connectivity index (χ1v) is 11.0. The van der Waals surface area contributed by atoms with Gasteiger partial charge in [0.2, 0.25) is 0 Å². The monoisotopic (exact) mass is 468 g/mol. The summed E-state index contributed by atoms with van der Waals surface area (Å²) in [5.41, 5.74) is 3.02. The molecule has 0 saturated heterocycles. The maximum absolute atomic E-state index is 13.3. The zero-order chi connectivity index (χ0) is 24.8. The average Bonchev–Trinajstić information content (AvgIpc) is 3.13. The summed E-state index contributed by atoms with van der Waals surface area (Å²) >= 11 is 0. The minimum atomic E-state index is -0.579. The molecule has 176 valence electrons. The Kier molecular flexibility index (Phi) is 7.07. The van der Waals surface area contributed by atoms with Crippen molar-refractivity contribution in [3.05, 3.63) is 107 Å². The summed E-state index contributed by atoms with van der Waals surface area (Å²) in [6.45, 7) is 1.57. The zero-order valence-corrected chi connectivity index (χ0v) is 19.4. The smallest absolute Gasteiger partial charge is 0.340 e. The van der Waals surface area contributed by atoms with Crippen LogP contribution < -0.4 is 15.0 Å². The first-order chi connectivity index (χ1) is 17.0. The number of methoxy groups -OCH3 is 1. The van der Waals surface area contributed by atoms with Crippen molar-refractivity contribution in [1.82, 2.24) is 0 Å². The Morgan fingerprint density at radius 1 is 0.914 bits per heavy atom. The van der Waals surface area contributed by atoms with Gasteiger partial charge in [0.1, 0.15) is 5.75 Å². The van der Waals surface area contributed by atoms with Crippen molar-refractivity contribution in [2.24, 2.45) is 0 Å². The molecule has 1 N–H and O–H groups in total. The van der Waals surface area contributed by atoms with E-state index in [0.717, 1.165) is 0 Å². The minimum absolute atomic E-state index is 0.145. The van der Waals surface area contributed by atoms with Gasteiger partial charge in [-0.1, -0.05) is 48.5 Å². The van der Waals surface area contributed by atoms with E-state index in [4.69, 9.17) is 9.47 Å². The van der Waals surface area contributed by atoms with Crippen LogP contribution in [0.15, 0.2) is 102 Å². The predicted molar refractivity (Wildman–Crippen MR) is 134 cm³/mol. The maximum Gasteiger partial charge on any atom is 0.340 e. The number of benzene rings is 3. The van der Waals surface area contributed by atoms with E-state index in [0.29, 0.717) is 28.4 Å². The minimum Gasteiger partial charge on any atom is -0.484 e. The topological polar surface area (TPSA) is 84.9 Å². The number of para-hydroxylation sites is 2. The number of rotatable bonds is 7.